The Morgan fingerprint density at radius 1 is 1.30 bits per heavy atom. The fraction of sp³-hybridized carbons (Fsp3) is 0.647. The van der Waals surface area contributed by atoms with Crippen LogP contribution >= 0.6 is 0 Å². The molecule has 1 atom stereocenters. The molecule has 1 heterocycles. The molecule has 1 aliphatic heterocycles. The molecule has 0 amide bonds. The van der Waals surface area contributed by atoms with Crippen molar-refractivity contribution >= 4 is 0 Å². The van der Waals surface area contributed by atoms with Crippen LogP contribution in [-0.2, 0) is 6.42 Å². The van der Waals surface area contributed by atoms with Crippen LogP contribution in [0.3, 0.4) is 0 Å². The lowest BCUT2D eigenvalue weighted by molar-refractivity contribution is 0.0478. The van der Waals surface area contributed by atoms with Crippen molar-refractivity contribution in [2.24, 2.45) is 5.73 Å². The molecule has 1 saturated heterocycles. The van der Waals surface area contributed by atoms with Gasteiger partial charge in [0.2, 0.25) is 0 Å². The van der Waals surface area contributed by atoms with Crippen LogP contribution in [-0.4, -0.2) is 36.2 Å². The molecule has 1 aromatic carbocycles. The Hall–Kier alpha value is -1.06. The van der Waals surface area contributed by atoms with Crippen molar-refractivity contribution in [2.75, 3.05) is 20.2 Å². The predicted octanol–water partition coefficient (Wildman–Crippen LogP) is 2.83. The number of methoxy groups -OCH3 is 1. The second-order valence-corrected chi connectivity index (χ2v) is 6.79. The van der Waals surface area contributed by atoms with Crippen molar-refractivity contribution in [3.8, 4) is 5.75 Å². The Balaban J connectivity index is 2.18. The van der Waals surface area contributed by atoms with Crippen LogP contribution in [0, 0.1) is 0 Å². The maximum Gasteiger partial charge on any atom is 0.118 e. The first kappa shape index (κ1) is 15.3. The number of rotatable bonds is 5. The van der Waals surface area contributed by atoms with Gasteiger partial charge >= 0.3 is 0 Å². The van der Waals surface area contributed by atoms with Gasteiger partial charge < -0.3 is 10.5 Å². The van der Waals surface area contributed by atoms with Crippen LogP contribution in [0.2, 0.25) is 0 Å². The standard InChI is InChI=1S/C17H28N2O/c1-16(2)10-5-11-19(16)17(3,13-18)12-14-6-8-15(20-4)9-7-14/h6-9H,5,10-13,18H2,1-4H3. The van der Waals surface area contributed by atoms with E-state index in [1.54, 1.807) is 7.11 Å². The molecule has 0 saturated carbocycles. The summed E-state index contributed by atoms with van der Waals surface area (Å²) >= 11 is 0. The molecular weight excluding hydrogens is 248 g/mol. The highest BCUT2D eigenvalue weighted by Gasteiger charge is 2.42. The van der Waals surface area contributed by atoms with Gasteiger partial charge in [0.1, 0.15) is 5.75 Å². The molecule has 0 aromatic heterocycles. The van der Waals surface area contributed by atoms with E-state index >= 15 is 0 Å². The average Bonchev–Trinajstić information content (AvgIpc) is 2.80. The highest BCUT2D eigenvalue weighted by atomic mass is 16.5. The first-order chi connectivity index (χ1) is 9.41. The maximum atomic E-state index is 6.15. The number of nitrogens with two attached hydrogens (primary N) is 1. The molecule has 0 aliphatic carbocycles. The summed E-state index contributed by atoms with van der Waals surface area (Å²) in [5, 5.41) is 0. The van der Waals surface area contributed by atoms with Crippen LogP contribution < -0.4 is 10.5 Å². The summed E-state index contributed by atoms with van der Waals surface area (Å²) in [6.07, 6.45) is 3.51. The van der Waals surface area contributed by atoms with E-state index in [1.807, 2.05) is 12.1 Å². The molecule has 1 unspecified atom stereocenters. The topological polar surface area (TPSA) is 38.5 Å². The Bertz CT molecular complexity index is 441. The van der Waals surface area contributed by atoms with E-state index in [1.165, 1.54) is 18.4 Å². The van der Waals surface area contributed by atoms with Crippen molar-refractivity contribution in [3.05, 3.63) is 29.8 Å². The quantitative estimate of drug-likeness (QED) is 0.898. The third-order valence-electron chi connectivity index (χ3n) is 4.74. The van der Waals surface area contributed by atoms with Crippen LogP contribution in [0.4, 0.5) is 0 Å². The number of ether oxygens (including phenoxy) is 1. The molecule has 0 spiro atoms. The minimum Gasteiger partial charge on any atom is -0.497 e. The zero-order valence-electron chi connectivity index (χ0n) is 13.3. The van der Waals surface area contributed by atoms with Gasteiger partial charge in [0.15, 0.2) is 0 Å². The number of benzene rings is 1. The van der Waals surface area contributed by atoms with E-state index in [2.05, 4.69) is 37.8 Å². The van der Waals surface area contributed by atoms with E-state index < -0.39 is 0 Å². The molecule has 2 rings (SSSR count). The van der Waals surface area contributed by atoms with Crippen LogP contribution in [0.1, 0.15) is 39.2 Å². The average molecular weight is 276 g/mol. The highest BCUT2D eigenvalue weighted by Crippen LogP contribution is 2.36. The van der Waals surface area contributed by atoms with Crippen LogP contribution in [0.5, 0.6) is 5.75 Å². The molecule has 0 bridgehead atoms. The number of hydrogen-bond acceptors (Lipinski definition) is 3. The molecule has 1 aliphatic rings. The zero-order valence-corrected chi connectivity index (χ0v) is 13.3. The lowest BCUT2D eigenvalue weighted by atomic mass is 9.87. The number of likely N-dealkylation sites (tertiary alicyclic amines) is 1. The van der Waals surface area contributed by atoms with E-state index in [4.69, 9.17) is 10.5 Å². The Morgan fingerprint density at radius 3 is 2.40 bits per heavy atom. The smallest absolute Gasteiger partial charge is 0.118 e. The zero-order chi connectivity index (χ0) is 14.8. The summed E-state index contributed by atoms with van der Waals surface area (Å²) in [5.74, 6) is 0.907. The molecular formula is C17H28N2O. The molecule has 3 nitrogen and oxygen atoms in total. The fourth-order valence-electron chi connectivity index (χ4n) is 3.57. The molecule has 112 valence electrons. The second-order valence-electron chi connectivity index (χ2n) is 6.79. The van der Waals surface area contributed by atoms with Gasteiger partial charge in [0.05, 0.1) is 7.11 Å². The van der Waals surface area contributed by atoms with Crippen molar-refractivity contribution in [3.63, 3.8) is 0 Å². The predicted molar refractivity (Wildman–Crippen MR) is 84.2 cm³/mol. The first-order valence-corrected chi connectivity index (χ1v) is 7.52. The minimum atomic E-state index is 0.0224. The van der Waals surface area contributed by atoms with Crippen LogP contribution in [0.25, 0.3) is 0 Å². The minimum absolute atomic E-state index is 0.0224. The summed E-state index contributed by atoms with van der Waals surface area (Å²) in [6.45, 7) is 8.80. The summed E-state index contributed by atoms with van der Waals surface area (Å²) in [6, 6.07) is 8.36. The maximum absolute atomic E-state index is 6.15. The van der Waals surface area contributed by atoms with Crippen molar-refractivity contribution in [2.45, 2.75) is 51.1 Å². The monoisotopic (exact) mass is 276 g/mol. The van der Waals surface area contributed by atoms with E-state index in [0.717, 1.165) is 18.7 Å². The third-order valence-corrected chi connectivity index (χ3v) is 4.74. The van der Waals surface area contributed by atoms with Gasteiger partial charge in [-0.25, -0.2) is 0 Å². The van der Waals surface area contributed by atoms with Gasteiger partial charge in [-0.3, -0.25) is 4.90 Å². The van der Waals surface area contributed by atoms with Gasteiger partial charge in [0.25, 0.3) is 0 Å². The summed E-state index contributed by atoms with van der Waals surface area (Å²) < 4.78 is 5.22. The molecule has 1 fully saturated rings. The Labute approximate surface area is 123 Å². The molecule has 3 heteroatoms. The highest BCUT2D eigenvalue weighted by molar-refractivity contribution is 5.28. The molecule has 2 N–H and O–H groups in total. The van der Waals surface area contributed by atoms with Crippen LogP contribution in [0.15, 0.2) is 24.3 Å². The lowest BCUT2D eigenvalue weighted by Crippen LogP contribution is -2.58. The number of hydrogen-bond donors (Lipinski definition) is 1. The summed E-state index contributed by atoms with van der Waals surface area (Å²) in [7, 11) is 1.70. The van der Waals surface area contributed by atoms with Gasteiger partial charge in [0, 0.05) is 17.6 Å². The van der Waals surface area contributed by atoms with E-state index in [9.17, 15) is 0 Å². The van der Waals surface area contributed by atoms with Crippen molar-refractivity contribution in [1.29, 1.82) is 0 Å². The first-order valence-electron chi connectivity index (χ1n) is 7.52. The van der Waals surface area contributed by atoms with Gasteiger partial charge in [-0.2, -0.15) is 0 Å². The molecule has 1 aromatic rings. The van der Waals surface area contributed by atoms with Gasteiger partial charge in [-0.05, 0) is 64.3 Å². The molecule has 0 radical (unpaired) electrons. The Kier molecular flexibility index (Phi) is 4.40. The lowest BCUT2D eigenvalue weighted by Gasteiger charge is -2.46. The Morgan fingerprint density at radius 2 is 1.95 bits per heavy atom. The normalized spacial score (nSPS) is 21.6. The van der Waals surface area contributed by atoms with E-state index in [-0.39, 0.29) is 11.1 Å². The second kappa shape index (κ2) is 5.74. The van der Waals surface area contributed by atoms with Crippen molar-refractivity contribution < 1.29 is 4.74 Å². The largest absolute Gasteiger partial charge is 0.497 e. The number of nitrogens with zero attached hydrogens (tertiary/aromatic N) is 1. The fourth-order valence-corrected chi connectivity index (χ4v) is 3.57. The summed E-state index contributed by atoms with van der Waals surface area (Å²) in [4.78, 5) is 2.60. The van der Waals surface area contributed by atoms with Gasteiger partial charge in [-0.15, -0.1) is 0 Å². The summed E-state index contributed by atoms with van der Waals surface area (Å²) in [5.41, 5.74) is 7.74. The van der Waals surface area contributed by atoms with E-state index in [0.29, 0.717) is 6.54 Å². The third kappa shape index (κ3) is 2.99. The SMILES string of the molecule is COc1ccc(CC(C)(CN)N2CCCC2(C)C)cc1. The van der Waals surface area contributed by atoms with Crippen molar-refractivity contribution in [1.82, 2.24) is 4.90 Å². The molecule has 20 heavy (non-hydrogen) atoms. The van der Waals surface area contributed by atoms with Gasteiger partial charge in [-0.1, -0.05) is 12.1 Å².